The average molecular weight is 163 g/mol. The van der Waals surface area contributed by atoms with Crippen LogP contribution < -0.4 is 15.8 Å². The van der Waals surface area contributed by atoms with E-state index < -0.39 is 0 Å². The second-order valence-electron chi connectivity index (χ2n) is 2.53. The average Bonchev–Trinajstić information content (AvgIpc) is 2.57. The minimum atomic E-state index is -0.0640. The Morgan fingerprint density at radius 2 is 2.42 bits per heavy atom. The van der Waals surface area contributed by atoms with Crippen LogP contribution in [0.15, 0.2) is 35.5 Å². The maximum absolute atomic E-state index is 11.2. The van der Waals surface area contributed by atoms with Gasteiger partial charge in [-0.25, -0.2) is 0 Å². The smallest absolute Gasteiger partial charge is 0.271 e. The van der Waals surface area contributed by atoms with E-state index in [1.54, 1.807) is 12.3 Å². The molecule has 0 radical (unpaired) electrons. The highest BCUT2D eigenvalue weighted by Gasteiger charge is 2.08. The fourth-order valence-electron chi connectivity index (χ4n) is 1.15. The number of aromatic nitrogens is 1. The normalized spacial score (nSPS) is 14.8. The Kier molecular flexibility index (Phi) is 1.59. The third kappa shape index (κ3) is 1.07. The van der Waals surface area contributed by atoms with Crippen LogP contribution in [0.2, 0.25) is 0 Å². The van der Waals surface area contributed by atoms with Crippen molar-refractivity contribution in [3.8, 4) is 0 Å². The minimum absolute atomic E-state index is 0.0640. The maximum Gasteiger partial charge on any atom is 0.271 e. The summed E-state index contributed by atoms with van der Waals surface area (Å²) in [4.78, 5) is 15.7. The van der Waals surface area contributed by atoms with E-state index in [0.717, 1.165) is 0 Å². The molecule has 1 aliphatic rings. The number of nitrogens with one attached hydrogen (secondary N) is 2. The molecule has 4 heteroatoms. The molecule has 0 saturated carbocycles. The first kappa shape index (κ1) is 6.97. The van der Waals surface area contributed by atoms with Crippen molar-refractivity contribution in [3.05, 3.63) is 41.1 Å². The van der Waals surface area contributed by atoms with Crippen molar-refractivity contribution >= 4 is 5.69 Å². The van der Waals surface area contributed by atoms with Crippen molar-refractivity contribution in [2.24, 2.45) is 0 Å². The number of hydrogen-bond donors (Lipinski definition) is 2. The van der Waals surface area contributed by atoms with E-state index in [1.165, 1.54) is 0 Å². The van der Waals surface area contributed by atoms with Crippen LogP contribution in [0.3, 0.4) is 0 Å². The summed E-state index contributed by atoms with van der Waals surface area (Å²) in [6, 6.07) is 3.60. The van der Waals surface area contributed by atoms with Crippen molar-refractivity contribution in [2.45, 2.75) is 0 Å². The fraction of sp³-hybridized carbons (Fsp3) is 0.125. The number of H-pyrrole nitrogens is 1. The van der Waals surface area contributed by atoms with E-state index in [4.69, 9.17) is 0 Å². The third-order valence-corrected chi connectivity index (χ3v) is 1.74. The summed E-state index contributed by atoms with van der Waals surface area (Å²) < 4.78 is 0. The van der Waals surface area contributed by atoms with Crippen LogP contribution in [0.25, 0.3) is 0 Å². The standard InChI is InChI=1S/C8H9N3O/c12-8-7(2-1-3-10-8)11-5-4-9-6-11/h1-5,9H,6H2,(H,10,12). The van der Waals surface area contributed by atoms with Crippen LogP contribution in [0.4, 0.5) is 5.69 Å². The van der Waals surface area contributed by atoms with E-state index in [1.807, 2.05) is 23.4 Å². The molecule has 0 amide bonds. The molecule has 0 saturated heterocycles. The Bertz CT molecular complexity index is 355. The topological polar surface area (TPSA) is 48.1 Å². The van der Waals surface area contributed by atoms with Gasteiger partial charge in [0.25, 0.3) is 5.56 Å². The van der Waals surface area contributed by atoms with Gasteiger partial charge in [0.05, 0.1) is 6.67 Å². The highest BCUT2D eigenvalue weighted by Crippen LogP contribution is 2.07. The van der Waals surface area contributed by atoms with Gasteiger partial charge in [0.1, 0.15) is 5.69 Å². The molecule has 0 bridgehead atoms. The zero-order chi connectivity index (χ0) is 8.39. The van der Waals surface area contributed by atoms with Crippen LogP contribution in [0.1, 0.15) is 0 Å². The second-order valence-corrected chi connectivity index (χ2v) is 2.53. The third-order valence-electron chi connectivity index (χ3n) is 1.74. The van der Waals surface area contributed by atoms with Gasteiger partial charge in [-0.15, -0.1) is 0 Å². The molecule has 0 unspecified atom stereocenters. The molecule has 0 aromatic carbocycles. The van der Waals surface area contributed by atoms with Gasteiger partial charge in [0, 0.05) is 18.6 Å². The molecule has 2 rings (SSSR count). The van der Waals surface area contributed by atoms with E-state index >= 15 is 0 Å². The monoisotopic (exact) mass is 163 g/mol. The molecular weight excluding hydrogens is 154 g/mol. The molecule has 1 aliphatic heterocycles. The van der Waals surface area contributed by atoms with Gasteiger partial charge in [-0.3, -0.25) is 4.79 Å². The van der Waals surface area contributed by atoms with Gasteiger partial charge in [-0.1, -0.05) is 0 Å². The Morgan fingerprint density at radius 1 is 1.50 bits per heavy atom. The van der Waals surface area contributed by atoms with E-state index in [2.05, 4.69) is 10.3 Å². The predicted molar refractivity (Wildman–Crippen MR) is 46.7 cm³/mol. The molecule has 0 spiro atoms. The molecule has 0 fully saturated rings. The van der Waals surface area contributed by atoms with Gasteiger partial charge < -0.3 is 15.2 Å². The number of rotatable bonds is 1. The summed E-state index contributed by atoms with van der Waals surface area (Å²) in [5.41, 5.74) is 0.601. The van der Waals surface area contributed by atoms with Crippen LogP contribution in [-0.4, -0.2) is 11.7 Å². The van der Waals surface area contributed by atoms with Crippen LogP contribution in [0, 0.1) is 0 Å². The van der Waals surface area contributed by atoms with Crippen LogP contribution >= 0.6 is 0 Å². The number of anilines is 1. The predicted octanol–water partition coefficient (Wildman–Crippen LogP) is 0.213. The van der Waals surface area contributed by atoms with Crippen molar-refractivity contribution in [2.75, 3.05) is 11.6 Å². The number of hydrogen-bond acceptors (Lipinski definition) is 3. The highest BCUT2D eigenvalue weighted by atomic mass is 16.1. The highest BCUT2D eigenvalue weighted by molar-refractivity contribution is 5.47. The molecular formula is C8H9N3O. The zero-order valence-electron chi connectivity index (χ0n) is 6.45. The molecule has 2 heterocycles. The van der Waals surface area contributed by atoms with Crippen molar-refractivity contribution in [1.29, 1.82) is 0 Å². The lowest BCUT2D eigenvalue weighted by Gasteiger charge is -2.12. The number of pyridine rings is 1. The lowest BCUT2D eigenvalue weighted by atomic mass is 10.4. The Balaban J connectivity index is 2.39. The van der Waals surface area contributed by atoms with Crippen molar-refractivity contribution in [3.63, 3.8) is 0 Å². The molecule has 2 N–H and O–H groups in total. The first-order valence-electron chi connectivity index (χ1n) is 3.72. The molecule has 0 atom stereocenters. The van der Waals surface area contributed by atoms with E-state index in [9.17, 15) is 4.79 Å². The zero-order valence-corrected chi connectivity index (χ0v) is 6.45. The molecule has 0 aliphatic carbocycles. The fourth-order valence-corrected chi connectivity index (χ4v) is 1.15. The van der Waals surface area contributed by atoms with Gasteiger partial charge in [0.2, 0.25) is 0 Å². The Labute approximate surface area is 69.5 Å². The van der Waals surface area contributed by atoms with Crippen molar-refractivity contribution < 1.29 is 0 Å². The van der Waals surface area contributed by atoms with Gasteiger partial charge >= 0.3 is 0 Å². The number of aromatic amines is 1. The second kappa shape index (κ2) is 2.73. The molecule has 12 heavy (non-hydrogen) atoms. The van der Waals surface area contributed by atoms with E-state index in [-0.39, 0.29) is 5.56 Å². The summed E-state index contributed by atoms with van der Waals surface area (Å²) in [7, 11) is 0. The lowest BCUT2D eigenvalue weighted by Crippen LogP contribution is -2.25. The van der Waals surface area contributed by atoms with Gasteiger partial charge in [0.15, 0.2) is 0 Å². The van der Waals surface area contributed by atoms with Crippen LogP contribution in [-0.2, 0) is 0 Å². The van der Waals surface area contributed by atoms with Gasteiger partial charge in [-0.2, -0.15) is 0 Å². The Hall–Kier alpha value is -1.71. The summed E-state index contributed by atoms with van der Waals surface area (Å²) in [6.45, 7) is 0.660. The quantitative estimate of drug-likeness (QED) is 0.622. The van der Waals surface area contributed by atoms with Gasteiger partial charge in [-0.05, 0) is 12.1 Å². The summed E-state index contributed by atoms with van der Waals surface area (Å²) >= 11 is 0. The summed E-state index contributed by atoms with van der Waals surface area (Å²) in [5, 5.41) is 2.99. The SMILES string of the molecule is O=c1[nH]cccc1N1C=CNC1. The Morgan fingerprint density at radius 3 is 3.08 bits per heavy atom. The molecule has 1 aromatic heterocycles. The lowest BCUT2D eigenvalue weighted by molar-refractivity contribution is 0.893. The van der Waals surface area contributed by atoms with E-state index in [0.29, 0.717) is 12.4 Å². The number of nitrogens with zero attached hydrogens (tertiary/aromatic N) is 1. The summed E-state index contributed by atoms with van der Waals surface area (Å²) in [6.07, 6.45) is 5.27. The first-order valence-corrected chi connectivity index (χ1v) is 3.72. The summed E-state index contributed by atoms with van der Waals surface area (Å²) in [5.74, 6) is 0. The van der Waals surface area contributed by atoms with Crippen molar-refractivity contribution in [1.82, 2.24) is 10.3 Å². The minimum Gasteiger partial charge on any atom is -0.372 e. The first-order chi connectivity index (χ1) is 5.88. The molecule has 4 nitrogen and oxygen atoms in total. The van der Waals surface area contributed by atoms with Crippen LogP contribution in [0.5, 0.6) is 0 Å². The molecule has 62 valence electrons. The maximum atomic E-state index is 11.2. The molecule has 1 aromatic rings. The largest absolute Gasteiger partial charge is 0.372 e.